The molecule has 0 unspecified atom stereocenters. The van der Waals surface area contributed by atoms with Crippen LogP contribution in [0.5, 0.6) is 0 Å². The van der Waals surface area contributed by atoms with E-state index in [-0.39, 0.29) is 0 Å². The number of fused-ring (bicyclic) bond motifs is 1. The molecule has 0 fully saturated rings. The summed E-state index contributed by atoms with van der Waals surface area (Å²) in [6, 6.07) is 10.5. The minimum absolute atomic E-state index is 0.357. The molecule has 0 amide bonds. The molecule has 0 aliphatic carbocycles. The van der Waals surface area contributed by atoms with Crippen LogP contribution < -0.4 is 5.73 Å². The van der Waals surface area contributed by atoms with E-state index in [1.165, 1.54) is 25.6 Å². The van der Waals surface area contributed by atoms with Gasteiger partial charge in [-0.25, -0.2) is 19.9 Å². The highest BCUT2D eigenvalue weighted by Crippen LogP contribution is 2.30. The summed E-state index contributed by atoms with van der Waals surface area (Å²) in [5.74, 6) is -0.184. The Morgan fingerprint density at radius 3 is 2.47 bits per heavy atom. The highest BCUT2D eigenvalue weighted by Gasteiger charge is 2.12. The number of nitrogens with one attached hydrogen (secondary N) is 1. The topological polar surface area (TPSA) is 103 Å². The molecule has 5 aromatic heterocycles. The number of methoxy groups -OCH3 is 1. The summed E-state index contributed by atoms with van der Waals surface area (Å²) in [6.45, 7) is 0. The van der Waals surface area contributed by atoms with Crippen molar-refractivity contribution in [1.82, 2.24) is 24.9 Å². The number of rotatable bonds is 4. The molecule has 0 aliphatic heterocycles. The van der Waals surface area contributed by atoms with Gasteiger partial charge in [-0.1, -0.05) is 11.6 Å². The molecule has 0 aromatic carbocycles. The van der Waals surface area contributed by atoms with Gasteiger partial charge in [0.1, 0.15) is 16.6 Å². The number of nitrogens with zero attached hydrogens (tertiary/aromatic N) is 4. The van der Waals surface area contributed by atoms with E-state index in [1.54, 1.807) is 30.7 Å². The summed E-state index contributed by atoms with van der Waals surface area (Å²) in [7, 11) is 1.53. The van der Waals surface area contributed by atoms with Crippen LogP contribution in [0.15, 0.2) is 82.6 Å². The van der Waals surface area contributed by atoms with Crippen molar-refractivity contribution in [2.45, 2.75) is 0 Å². The summed E-state index contributed by atoms with van der Waals surface area (Å²) in [6.07, 6.45) is 9.99. The molecule has 36 heavy (non-hydrogen) atoms. The number of aromatic amines is 1. The predicted octanol–water partition coefficient (Wildman–Crippen LogP) is 7.04. The van der Waals surface area contributed by atoms with Gasteiger partial charge in [-0.15, -0.1) is 0 Å². The number of aromatic nitrogens is 5. The molecule has 5 rings (SSSR count). The van der Waals surface area contributed by atoms with Gasteiger partial charge in [0.15, 0.2) is 0 Å². The molecule has 5 aromatic rings. The molecule has 0 atom stereocenters. The number of H-pyrrole nitrogens is 1. The maximum atomic E-state index is 12.9. The fourth-order valence-electron chi connectivity index (χ4n) is 3.36. The first-order chi connectivity index (χ1) is 17.4. The van der Waals surface area contributed by atoms with Crippen LogP contribution in [0.25, 0.3) is 27.7 Å². The minimum atomic E-state index is -0.541. The van der Waals surface area contributed by atoms with E-state index in [0.29, 0.717) is 27.7 Å². The van der Waals surface area contributed by atoms with Gasteiger partial charge in [-0.2, -0.15) is 4.39 Å². The Kier molecular flexibility index (Phi) is 8.29. The molecule has 0 aliphatic rings. The van der Waals surface area contributed by atoms with Crippen molar-refractivity contribution >= 4 is 65.9 Å². The lowest BCUT2D eigenvalue weighted by molar-refractivity contribution is 0.340. The zero-order valence-electron chi connectivity index (χ0n) is 18.7. The summed E-state index contributed by atoms with van der Waals surface area (Å²) < 4.78 is 19.7. The van der Waals surface area contributed by atoms with Gasteiger partial charge in [0.25, 0.3) is 0 Å². The van der Waals surface area contributed by atoms with Crippen LogP contribution in [0.3, 0.4) is 0 Å². The molecule has 7 nitrogen and oxygen atoms in total. The van der Waals surface area contributed by atoms with E-state index in [1.807, 2.05) is 24.4 Å². The Labute approximate surface area is 227 Å². The smallest absolute Gasteiger partial charge is 0.212 e. The fourth-order valence-corrected chi connectivity index (χ4v) is 4.13. The minimum Gasteiger partial charge on any atom is -0.504 e. The van der Waals surface area contributed by atoms with E-state index in [2.05, 4.69) is 56.8 Å². The van der Waals surface area contributed by atoms with E-state index in [0.717, 1.165) is 31.1 Å². The number of hydrogen-bond acceptors (Lipinski definition) is 6. The van der Waals surface area contributed by atoms with Crippen molar-refractivity contribution in [1.29, 1.82) is 0 Å². The van der Waals surface area contributed by atoms with Crippen LogP contribution in [-0.4, -0.2) is 32.0 Å². The van der Waals surface area contributed by atoms with Gasteiger partial charge in [-0.3, -0.25) is 0 Å². The normalized spacial score (nSPS) is 11.2. The van der Waals surface area contributed by atoms with Crippen LogP contribution in [0.1, 0.15) is 11.1 Å². The zero-order valence-corrected chi connectivity index (χ0v) is 22.6. The van der Waals surface area contributed by atoms with Crippen LogP contribution in [0, 0.1) is 5.95 Å². The van der Waals surface area contributed by atoms with E-state index in [9.17, 15) is 4.39 Å². The lowest BCUT2D eigenvalue weighted by Gasteiger charge is -2.10. The first-order valence-corrected chi connectivity index (χ1v) is 12.3. The van der Waals surface area contributed by atoms with Crippen molar-refractivity contribution in [3.63, 3.8) is 0 Å². The average molecular weight is 633 g/mol. The molecule has 0 bridgehead atoms. The Balaban J connectivity index is 0.000000170. The van der Waals surface area contributed by atoms with Gasteiger partial charge in [-0.05, 0) is 68.3 Å². The summed E-state index contributed by atoms with van der Waals surface area (Å²) in [5, 5.41) is 1.55. The molecule has 3 N–H and O–H groups in total. The molecule has 5 heterocycles. The largest absolute Gasteiger partial charge is 0.504 e. The Morgan fingerprint density at radius 2 is 1.78 bits per heavy atom. The molecule has 0 saturated carbocycles. The predicted molar refractivity (Wildman–Crippen MR) is 147 cm³/mol. The first-order valence-electron chi connectivity index (χ1n) is 10.4. The lowest BCUT2D eigenvalue weighted by atomic mass is 10.0. The SMILES string of the molecule is COC=C(c1ccc(F)nc1)c1cc(Br)cnc1N.Clc1ccc(-c2c[nH]c3ncc(Br)cc23)cn1. The number of anilines is 1. The van der Waals surface area contributed by atoms with Gasteiger partial charge < -0.3 is 15.5 Å². The number of nitrogen functional groups attached to an aromatic ring is 1. The van der Waals surface area contributed by atoms with Crippen LogP contribution in [0.4, 0.5) is 10.2 Å². The second-order valence-corrected chi connectivity index (χ2v) is 9.56. The average Bonchev–Trinajstić information content (AvgIpc) is 3.29. The highest BCUT2D eigenvalue weighted by molar-refractivity contribution is 9.10. The molecule has 11 heteroatoms. The Hall–Kier alpha value is -3.34. The second kappa shape index (κ2) is 11.6. The van der Waals surface area contributed by atoms with E-state index >= 15 is 0 Å². The third-order valence-corrected chi connectivity index (χ3v) is 6.08. The zero-order chi connectivity index (χ0) is 25.7. The van der Waals surface area contributed by atoms with E-state index in [4.69, 9.17) is 22.1 Å². The highest BCUT2D eigenvalue weighted by atomic mass is 79.9. The van der Waals surface area contributed by atoms with Gasteiger partial charge in [0.2, 0.25) is 5.95 Å². The number of halogens is 4. The first kappa shape index (κ1) is 25.7. The van der Waals surface area contributed by atoms with Crippen LogP contribution in [0.2, 0.25) is 5.15 Å². The van der Waals surface area contributed by atoms with Crippen molar-refractivity contribution in [2.24, 2.45) is 0 Å². The maximum Gasteiger partial charge on any atom is 0.212 e. The second-order valence-electron chi connectivity index (χ2n) is 7.34. The summed E-state index contributed by atoms with van der Waals surface area (Å²) in [5.41, 5.74) is 10.9. The van der Waals surface area contributed by atoms with Crippen LogP contribution in [-0.2, 0) is 4.74 Å². The number of pyridine rings is 4. The van der Waals surface area contributed by atoms with Crippen molar-refractivity contribution in [3.8, 4) is 11.1 Å². The van der Waals surface area contributed by atoms with Gasteiger partial charge >= 0.3 is 0 Å². The number of ether oxygens (including phenoxy) is 1. The Bertz CT molecular complexity index is 1520. The van der Waals surface area contributed by atoms with E-state index < -0.39 is 5.95 Å². The van der Waals surface area contributed by atoms with Crippen molar-refractivity contribution < 1.29 is 9.13 Å². The third-order valence-electron chi connectivity index (χ3n) is 4.99. The third kappa shape index (κ3) is 6.07. The van der Waals surface area contributed by atoms with Crippen molar-refractivity contribution in [2.75, 3.05) is 12.8 Å². The Morgan fingerprint density at radius 1 is 1.00 bits per heavy atom. The molecular weight excluding hydrogens is 615 g/mol. The number of nitrogens with two attached hydrogens (primary N) is 1. The van der Waals surface area contributed by atoms with Gasteiger partial charge in [0.05, 0.1) is 13.4 Å². The molecule has 182 valence electrons. The number of hydrogen-bond donors (Lipinski definition) is 2. The van der Waals surface area contributed by atoms with Gasteiger partial charge in [0, 0.05) is 73.1 Å². The maximum absolute atomic E-state index is 12.9. The summed E-state index contributed by atoms with van der Waals surface area (Å²) in [4.78, 5) is 19.2. The molecule has 0 spiro atoms. The fraction of sp³-hybridized carbons (Fsp3) is 0.0400. The monoisotopic (exact) mass is 630 g/mol. The summed E-state index contributed by atoms with van der Waals surface area (Å²) >= 11 is 12.5. The molecule has 0 saturated heterocycles. The quantitative estimate of drug-likeness (QED) is 0.163. The van der Waals surface area contributed by atoms with Crippen LogP contribution >= 0.6 is 43.5 Å². The standard InChI is InChI=1S/C13H11BrFN3O.C12H7BrClN3/c1-19-7-11(8-2-3-12(15)17-5-8)10-4-9(14)6-18-13(10)16;13-8-3-9-10(6-17-12(9)16-5-8)7-1-2-11(14)15-4-7/h2-7H,1H3,(H2,16,18);1-6H,(H,16,17). The molecule has 0 radical (unpaired) electrons. The molecular formula is C25H18Br2ClFN6O. The van der Waals surface area contributed by atoms with Crippen molar-refractivity contribution in [3.05, 3.63) is 105 Å². The lowest BCUT2D eigenvalue weighted by Crippen LogP contribution is -1.99.